The van der Waals surface area contributed by atoms with Gasteiger partial charge in [-0.2, -0.15) is 13.2 Å². The van der Waals surface area contributed by atoms with Gasteiger partial charge in [-0.3, -0.25) is 9.69 Å². The van der Waals surface area contributed by atoms with Crippen LogP contribution in [-0.2, 0) is 17.4 Å². The fraction of sp³-hybridized carbons (Fsp3) is 0.458. The van der Waals surface area contributed by atoms with E-state index in [-0.39, 0.29) is 17.9 Å². The minimum absolute atomic E-state index is 0.0952. The lowest BCUT2D eigenvalue weighted by Gasteiger charge is -2.42. The summed E-state index contributed by atoms with van der Waals surface area (Å²) >= 11 is 0. The lowest BCUT2D eigenvalue weighted by molar-refractivity contribution is -0.138. The van der Waals surface area contributed by atoms with Crippen molar-refractivity contribution in [1.29, 1.82) is 0 Å². The molecule has 31 heavy (non-hydrogen) atoms. The van der Waals surface area contributed by atoms with E-state index in [0.29, 0.717) is 24.4 Å². The van der Waals surface area contributed by atoms with Crippen LogP contribution in [0.5, 0.6) is 5.75 Å². The summed E-state index contributed by atoms with van der Waals surface area (Å²) in [6.45, 7) is 4.09. The van der Waals surface area contributed by atoms with E-state index in [1.165, 1.54) is 11.0 Å². The van der Waals surface area contributed by atoms with Gasteiger partial charge in [-0.1, -0.05) is 25.1 Å². The summed E-state index contributed by atoms with van der Waals surface area (Å²) in [5, 5.41) is 0. The molecule has 0 saturated heterocycles. The number of alkyl halides is 3. The highest BCUT2D eigenvalue weighted by Gasteiger charge is 2.50. The number of ether oxygens (including phenoxy) is 1. The van der Waals surface area contributed by atoms with Crippen LogP contribution in [0.3, 0.4) is 0 Å². The molecule has 4 nitrogen and oxygen atoms in total. The van der Waals surface area contributed by atoms with Gasteiger partial charge in [-0.15, -0.1) is 0 Å². The minimum atomic E-state index is -4.50. The molecule has 168 valence electrons. The molecule has 3 rings (SSSR count). The molecule has 1 aliphatic rings. The van der Waals surface area contributed by atoms with E-state index < -0.39 is 23.2 Å². The second kappa shape index (κ2) is 8.54. The van der Waals surface area contributed by atoms with Gasteiger partial charge in [0.05, 0.1) is 12.7 Å². The Balaban J connectivity index is 2.29. The molecule has 0 aromatic heterocycles. The van der Waals surface area contributed by atoms with Crippen LogP contribution in [0.1, 0.15) is 42.9 Å². The van der Waals surface area contributed by atoms with Crippen molar-refractivity contribution in [2.75, 3.05) is 32.6 Å². The summed E-state index contributed by atoms with van der Waals surface area (Å²) in [5.74, 6) is -0.0255. The van der Waals surface area contributed by atoms with Crippen molar-refractivity contribution in [1.82, 2.24) is 4.90 Å². The molecule has 1 amide bonds. The van der Waals surface area contributed by atoms with E-state index in [4.69, 9.17) is 4.74 Å². The smallest absolute Gasteiger partial charge is 0.416 e. The third-order valence-corrected chi connectivity index (χ3v) is 6.41. The zero-order valence-electron chi connectivity index (χ0n) is 18.6. The van der Waals surface area contributed by atoms with Gasteiger partial charge >= 0.3 is 6.18 Å². The van der Waals surface area contributed by atoms with Gasteiger partial charge in [0.25, 0.3) is 0 Å². The van der Waals surface area contributed by atoms with Gasteiger partial charge < -0.3 is 9.64 Å². The van der Waals surface area contributed by atoms with Gasteiger partial charge in [-0.05, 0) is 69.3 Å². The molecule has 0 saturated carbocycles. The second-order valence-electron chi connectivity index (χ2n) is 8.33. The molecule has 1 heterocycles. The molecule has 2 atom stereocenters. The van der Waals surface area contributed by atoms with Crippen LogP contribution in [0.15, 0.2) is 42.5 Å². The van der Waals surface area contributed by atoms with Crippen molar-refractivity contribution in [3.8, 4) is 5.75 Å². The van der Waals surface area contributed by atoms with E-state index in [0.717, 1.165) is 11.6 Å². The number of fused-ring (bicyclic) bond motifs is 1. The van der Waals surface area contributed by atoms with Crippen LogP contribution < -0.4 is 9.64 Å². The Morgan fingerprint density at radius 2 is 1.81 bits per heavy atom. The van der Waals surface area contributed by atoms with E-state index >= 15 is 0 Å². The van der Waals surface area contributed by atoms with E-state index in [1.807, 2.05) is 30.9 Å². The summed E-state index contributed by atoms with van der Waals surface area (Å²) in [6.07, 6.45) is -3.77. The molecule has 0 fully saturated rings. The van der Waals surface area contributed by atoms with Crippen LogP contribution in [0.4, 0.5) is 18.9 Å². The molecule has 0 N–H and O–H groups in total. The molecule has 0 bridgehead atoms. The largest absolute Gasteiger partial charge is 0.497 e. The summed E-state index contributed by atoms with van der Waals surface area (Å²) in [5.41, 5.74) is -0.396. The fourth-order valence-corrected chi connectivity index (χ4v) is 4.47. The normalized spacial score (nSPS) is 21.8. The Morgan fingerprint density at radius 1 is 1.16 bits per heavy atom. The Labute approximate surface area is 181 Å². The molecular formula is C24H29F3N2O2. The Kier molecular flexibility index (Phi) is 6.37. The first-order valence-electron chi connectivity index (χ1n) is 10.4. The third kappa shape index (κ3) is 4.03. The number of amides is 1. The summed E-state index contributed by atoms with van der Waals surface area (Å²) in [6, 6.07) is 11.4. The first-order valence-corrected chi connectivity index (χ1v) is 10.4. The number of carbonyl (C=O) groups is 1. The number of methoxy groups -OCH3 is 1. The Morgan fingerprint density at radius 3 is 2.32 bits per heavy atom. The first-order chi connectivity index (χ1) is 14.6. The summed E-state index contributed by atoms with van der Waals surface area (Å²) < 4.78 is 47.1. The molecule has 7 heteroatoms. The van der Waals surface area contributed by atoms with Gasteiger partial charge in [0, 0.05) is 18.2 Å². The highest BCUT2D eigenvalue weighted by atomic mass is 19.4. The summed E-state index contributed by atoms with van der Waals surface area (Å²) in [4.78, 5) is 17.3. The second-order valence-corrected chi connectivity index (χ2v) is 8.33. The van der Waals surface area contributed by atoms with Crippen LogP contribution in [0.25, 0.3) is 0 Å². The number of nitrogens with zero attached hydrogens (tertiary/aromatic N) is 2. The average molecular weight is 435 g/mol. The molecule has 2 aromatic rings. The van der Waals surface area contributed by atoms with Crippen molar-refractivity contribution in [3.63, 3.8) is 0 Å². The maximum Gasteiger partial charge on any atom is 0.416 e. The van der Waals surface area contributed by atoms with Crippen molar-refractivity contribution in [3.05, 3.63) is 59.2 Å². The highest BCUT2D eigenvalue weighted by molar-refractivity contribution is 6.02. The van der Waals surface area contributed by atoms with Crippen molar-refractivity contribution in [2.24, 2.45) is 0 Å². The Hall–Kier alpha value is -2.54. The maximum atomic E-state index is 14.0. The molecule has 0 spiro atoms. The number of halogens is 3. The van der Waals surface area contributed by atoms with Gasteiger partial charge in [0.2, 0.25) is 5.91 Å². The highest BCUT2D eigenvalue weighted by Crippen LogP contribution is 2.46. The van der Waals surface area contributed by atoms with Crippen molar-refractivity contribution >= 4 is 11.6 Å². The Bertz CT molecular complexity index is 941. The number of anilines is 1. The van der Waals surface area contributed by atoms with Crippen LogP contribution in [0, 0.1) is 0 Å². The molecule has 2 aromatic carbocycles. The number of hydrogen-bond donors (Lipinski definition) is 0. The van der Waals surface area contributed by atoms with Crippen molar-refractivity contribution < 1.29 is 22.7 Å². The molecule has 2 unspecified atom stereocenters. The number of carbonyl (C=O) groups excluding carboxylic acids is 1. The molecule has 0 aliphatic carbocycles. The predicted molar refractivity (Wildman–Crippen MR) is 116 cm³/mol. The topological polar surface area (TPSA) is 32.8 Å². The van der Waals surface area contributed by atoms with Crippen LogP contribution in [-0.4, -0.2) is 44.1 Å². The van der Waals surface area contributed by atoms with Crippen LogP contribution >= 0.6 is 0 Å². The average Bonchev–Trinajstić information content (AvgIpc) is 2.82. The third-order valence-electron chi connectivity index (χ3n) is 6.41. The minimum Gasteiger partial charge on any atom is -0.497 e. The lowest BCUT2D eigenvalue weighted by Crippen LogP contribution is -2.58. The molecule has 1 aliphatic heterocycles. The number of benzene rings is 2. The first kappa shape index (κ1) is 23.1. The van der Waals surface area contributed by atoms with Gasteiger partial charge in [0.15, 0.2) is 0 Å². The van der Waals surface area contributed by atoms with Crippen LogP contribution in [0.2, 0.25) is 0 Å². The number of likely N-dealkylation sites (N-methyl/N-ethyl adjacent to an activating group) is 1. The van der Waals surface area contributed by atoms with Crippen molar-refractivity contribution in [2.45, 2.75) is 44.3 Å². The van der Waals surface area contributed by atoms with Gasteiger partial charge in [-0.25, -0.2) is 0 Å². The molecule has 0 radical (unpaired) electrons. The monoisotopic (exact) mass is 434 g/mol. The molecular weight excluding hydrogens is 405 g/mol. The zero-order valence-corrected chi connectivity index (χ0v) is 18.6. The summed E-state index contributed by atoms with van der Waals surface area (Å²) in [7, 11) is 5.17. The lowest BCUT2D eigenvalue weighted by atomic mass is 9.75. The fourth-order valence-electron chi connectivity index (χ4n) is 4.47. The maximum absolute atomic E-state index is 14.0. The SMILES string of the molecule is CCCN1C(=O)C(C)(N(C)C)C(c2ccc(OC)cc2)Cc2c1cccc2C(F)(F)F. The van der Waals surface area contributed by atoms with Gasteiger partial charge in [0.1, 0.15) is 11.3 Å². The standard InChI is InChI=1S/C24H29F3N2O2/c1-6-14-29-21-9-7-8-19(24(25,26)27)18(21)15-20(23(2,22(29)30)28(3)4)16-10-12-17(31-5)13-11-16/h7-13,20H,6,14-15H2,1-5H3. The zero-order chi connectivity index (χ0) is 23.0. The number of rotatable bonds is 5. The predicted octanol–water partition coefficient (Wildman–Crippen LogP) is 5.12. The number of hydrogen-bond acceptors (Lipinski definition) is 3. The van der Waals surface area contributed by atoms with E-state index in [2.05, 4.69) is 0 Å². The quantitative estimate of drug-likeness (QED) is 0.655. The van der Waals surface area contributed by atoms with E-state index in [1.54, 1.807) is 39.4 Å². The van der Waals surface area contributed by atoms with E-state index in [9.17, 15) is 18.0 Å².